The summed E-state index contributed by atoms with van der Waals surface area (Å²) >= 11 is 0. The Morgan fingerprint density at radius 2 is 1.86 bits per heavy atom. The van der Waals surface area contributed by atoms with E-state index < -0.39 is 15.9 Å². The lowest BCUT2D eigenvalue weighted by molar-refractivity contribution is 0.194. The number of nitrogens with one attached hydrogen (secondary N) is 1. The quantitative estimate of drug-likeness (QED) is 0.768. The van der Waals surface area contributed by atoms with E-state index in [1.807, 2.05) is 31.2 Å². The van der Waals surface area contributed by atoms with Crippen LogP contribution in [0.15, 0.2) is 47.4 Å². The first-order valence-corrected chi connectivity index (χ1v) is 8.78. The zero-order chi connectivity index (χ0) is 15.3. The summed E-state index contributed by atoms with van der Waals surface area (Å²) in [6.45, 7) is 3.08. The lowest BCUT2D eigenvalue weighted by Gasteiger charge is -2.12. The molecule has 0 spiro atoms. The van der Waals surface area contributed by atoms with Crippen LogP contribution < -0.4 is 5.32 Å². The molecule has 0 aliphatic rings. The van der Waals surface area contributed by atoms with Crippen LogP contribution in [0.3, 0.4) is 0 Å². The highest BCUT2D eigenvalue weighted by atomic mass is 32.2. The first kappa shape index (κ1) is 15.9. The SMILES string of the molecule is CCCNCC(O)CS(=O)(=O)c1ccc2ccccc2c1. The smallest absolute Gasteiger partial charge is 0.180 e. The van der Waals surface area contributed by atoms with Crippen LogP contribution in [0, 0.1) is 0 Å². The molecular formula is C16H21NO3S. The lowest BCUT2D eigenvalue weighted by atomic mass is 10.1. The van der Waals surface area contributed by atoms with E-state index in [9.17, 15) is 13.5 Å². The molecule has 21 heavy (non-hydrogen) atoms. The molecule has 1 unspecified atom stereocenters. The van der Waals surface area contributed by atoms with Crippen molar-refractivity contribution < 1.29 is 13.5 Å². The topological polar surface area (TPSA) is 66.4 Å². The first-order chi connectivity index (χ1) is 10.0. The maximum absolute atomic E-state index is 12.3. The number of benzene rings is 2. The van der Waals surface area contributed by atoms with E-state index in [1.54, 1.807) is 18.2 Å². The van der Waals surface area contributed by atoms with E-state index >= 15 is 0 Å². The number of fused-ring (bicyclic) bond motifs is 1. The molecule has 0 amide bonds. The van der Waals surface area contributed by atoms with Gasteiger partial charge in [0.15, 0.2) is 9.84 Å². The number of sulfone groups is 1. The predicted octanol–water partition coefficient (Wildman–Crippen LogP) is 1.97. The molecule has 2 N–H and O–H groups in total. The van der Waals surface area contributed by atoms with Crippen molar-refractivity contribution in [2.24, 2.45) is 0 Å². The van der Waals surface area contributed by atoms with E-state index in [2.05, 4.69) is 5.32 Å². The molecule has 2 aromatic rings. The summed E-state index contributed by atoms with van der Waals surface area (Å²) in [5.74, 6) is -0.262. The Kier molecular flexibility index (Phi) is 5.33. The minimum absolute atomic E-state index is 0.260. The Hall–Kier alpha value is -1.43. The van der Waals surface area contributed by atoms with Crippen LogP contribution in [0.4, 0.5) is 0 Å². The van der Waals surface area contributed by atoms with Gasteiger partial charge in [-0.1, -0.05) is 37.3 Å². The number of rotatable bonds is 7. The fourth-order valence-electron chi connectivity index (χ4n) is 2.21. The third-order valence-electron chi connectivity index (χ3n) is 3.30. The highest BCUT2D eigenvalue weighted by Crippen LogP contribution is 2.20. The second-order valence-electron chi connectivity index (χ2n) is 5.15. The molecule has 0 heterocycles. The van der Waals surface area contributed by atoms with Gasteiger partial charge in [0.2, 0.25) is 0 Å². The Bertz CT molecular complexity index is 697. The van der Waals surface area contributed by atoms with Gasteiger partial charge in [-0.15, -0.1) is 0 Å². The fraction of sp³-hybridized carbons (Fsp3) is 0.375. The summed E-state index contributed by atoms with van der Waals surface area (Å²) in [7, 11) is -3.48. The molecule has 0 fully saturated rings. The van der Waals surface area contributed by atoms with Crippen molar-refractivity contribution in [3.63, 3.8) is 0 Å². The summed E-state index contributed by atoms with van der Waals surface area (Å²) in [6.07, 6.45) is 0.0532. The molecule has 0 aromatic heterocycles. The lowest BCUT2D eigenvalue weighted by Crippen LogP contribution is -2.32. The molecule has 0 aliphatic heterocycles. The number of aliphatic hydroxyl groups excluding tert-OH is 1. The number of hydrogen-bond donors (Lipinski definition) is 2. The van der Waals surface area contributed by atoms with E-state index in [1.165, 1.54) is 0 Å². The molecule has 0 radical (unpaired) electrons. The van der Waals surface area contributed by atoms with Crippen molar-refractivity contribution in [2.75, 3.05) is 18.8 Å². The summed E-state index contributed by atoms with van der Waals surface area (Å²) in [5.41, 5.74) is 0. The summed E-state index contributed by atoms with van der Waals surface area (Å²) < 4.78 is 24.7. The molecule has 2 rings (SSSR count). The van der Waals surface area contributed by atoms with Crippen LogP contribution in [0.1, 0.15) is 13.3 Å². The zero-order valence-electron chi connectivity index (χ0n) is 12.1. The second kappa shape index (κ2) is 7.02. The molecule has 4 nitrogen and oxygen atoms in total. The van der Waals surface area contributed by atoms with E-state index in [-0.39, 0.29) is 10.6 Å². The van der Waals surface area contributed by atoms with Gasteiger partial charge < -0.3 is 10.4 Å². The maximum Gasteiger partial charge on any atom is 0.180 e. The molecule has 0 saturated heterocycles. The second-order valence-corrected chi connectivity index (χ2v) is 7.18. The van der Waals surface area contributed by atoms with Gasteiger partial charge in [-0.2, -0.15) is 0 Å². The standard InChI is InChI=1S/C16H21NO3S/c1-2-9-17-11-15(18)12-21(19,20)16-8-7-13-5-3-4-6-14(13)10-16/h3-8,10,15,17-18H,2,9,11-12H2,1H3. The van der Waals surface area contributed by atoms with E-state index in [0.29, 0.717) is 6.54 Å². The third-order valence-corrected chi connectivity index (χ3v) is 5.09. The van der Waals surface area contributed by atoms with Crippen molar-refractivity contribution in [3.05, 3.63) is 42.5 Å². The van der Waals surface area contributed by atoms with Gasteiger partial charge in [0.05, 0.1) is 16.8 Å². The van der Waals surface area contributed by atoms with E-state index in [4.69, 9.17) is 0 Å². The highest BCUT2D eigenvalue weighted by molar-refractivity contribution is 7.91. The van der Waals surface area contributed by atoms with Gasteiger partial charge in [0.1, 0.15) is 0 Å². The van der Waals surface area contributed by atoms with Crippen LogP contribution >= 0.6 is 0 Å². The summed E-state index contributed by atoms with van der Waals surface area (Å²) in [5, 5.41) is 14.8. The Morgan fingerprint density at radius 3 is 2.57 bits per heavy atom. The monoisotopic (exact) mass is 307 g/mol. The van der Waals surface area contributed by atoms with Gasteiger partial charge in [0, 0.05) is 6.54 Å². The first-order valence-electron chi connectivity index (χ1n) is 7.13. The van der Waals surface area contributed by atoms with Crippen molar-refractivity contribution >= 4 is 20.6 Å². The molecule has 0 saturated carbocycles. The maximum atomic E-state index is 12.3. The Balaban J connectivity index is 2.13. The predicted molar refractivity (Wildman–Crippen MR) is 85.2 cm³/mol. The van der Waals surface area contributed by atoms with Gasteiger partial charge in [-0.25, -0.2) is 8.42 Å². The molecular weight excluding hydrogens is 286 g/mol. The van der Waals surface area contributed by atoms with Gasteiger partial charge in [-0.05, 0) is 35.9 Å². The molecule has 1 atom stereocenters. The van der Waals surface area contributed by atoms with E-state index in [0.717, 1.165) is 23.7 Å². The average molecular weight is 307 g/mol. The van der Waals surface area contributed by atoms with Crippen LogP contribution in [0.25, 0.3) is 10.8 Å². The summed E-state index contributed by atoms with van der Waals surface area (Å²) in [6, 6.07) is 12.7. The minimum atomic E-state index is -3.48. The van der Waals surface area contributed by atoms with Crippen LogP contribution in [0.2, 0.25) is 0 Å². The van der Waals surface area contributed by atoms with Gasteiger partial charge in [0.25, 0.3) is 0 Å². The highest BCUT2D eigenvalue weighted by Gasteiger charge is 2.19. The van der Waals surface area contributed by atoms with Crippen molar-refractivity contribution in [1.29, 1.82) is 0 Å². The van der Waals surface area contributed by atoms with Gasteiger partial charge in [-0.3, -0.25) is 0 Å². The van der Waals surface area contributed by atoms with Crippen LogP contribution in [-0.2, 0) is 9.84 Å². The average Bonchev–Trinajstić information content (AvgIpc) is 2.46. The molecule has 0 bridgehead atoms. The Morgan fingerprint density at radius 1 is 1.14 bits per heavy atom. The normalized spacial score (nSPS) is 13.4. The third kappa shape index (κ3) is 4.27. The van der Waals surface area contributed by atoms with Crippen molar-refractivity contribution in [2.45, 2.75) is 24.3 Å². The Labute approximate surface area is 125 Å². The van der Waals surface area contributed by atoms with Gasteiger partial charge >= 0.3 is 0 Å². The minimum Gasteiger partial charge on any atom is -0.391 e. The van der Waals surface area contributed by atoms with Crippen molar-refractivity contribution in [3.8, 4) is 0 Å². The van der Waals surface area contributed by atoms with Crippen LogP contribution in [-0.4, -0.2) is 38.5 Å². The molecule has 2 aromatic carbocycles. The van der Waals surface area contributed by atoms with Crippen LogP contribution in [0.5, 0.6) is 0 Å². The largest absolute Gasteiger partial charge is 0.391 e. The number of aliphatic hydroxyl groups is 1. The fourth-order valence-corrected chi connectivity index (χ4v) is 3.61. The molecule has 5 heteroatoms. The molecule has 0 aliphatic carbocycles. The number of hydrogen-bond acceptors (Lipinski definition) is 4. The molecule has 114 valence electrons. The summed E-state index contributed by atoms with van der Waals surface area (Å²) in [4.78, 5) is 0.260. The van der Waals surface area contributed by atoms with Crippen molar-refractivity contribution in [1.82, 2.24) is 5.32 Å². The zero-order valence-corrected chi connectivity index (χ0v) is 12.9.